The van der Waals surface area contributed by atoms with Gasteiger partial charge in [-0.25, -0.2) is 0 Å². The minimum Gasteiger partial charge on any atom is -0.352 e. The van der Waals surface area contributed by atoms with Gasteiger partial charge >= 0.3 is 0 Å². The maximum atomic E-state index is 11.9. The smallest absolute Gasteiger partial charge is 0.223 e. The molecule has 0 radical (unpaired) electrons. The van der Waals surface area contributed by atoms with Gasteiger partial charge in [0.15, 0.2) is 0 Å². The molecule has 0 saturated heterocycles. The first-order chi connectivity index (χ1) is 7.15. The Morgan fingerprint density at radius 1 is 1.33 bits per heavy atom. The van der Waals surface area contributed by atoms with Crippen LogP contribution >= 0.6 is 11.6 Å². The lowest BCUT2D eigenvalue weighted by atomic mass is 9.88. The minimum absolute atomic E-state index is 0.126. The molecule has 1 unspecified atom stereocenters. The lowest BCUT2D eigenvalue weighted by Crippen LogP contribution is -2.43. The Morgan fingerprint density at radius 2 is 1.93 bits per heavy atom. The van der Waals surface area contributed by atoms with Crippen LogP contribution in [-0.4, -0.2) is 17.8 Å². The number of alkyl halides is 1. The predicted molar refractivity (Wildman–Crippen MR) is 64.1 cm³/mol. The van der Waals surface area contributed by atoms with Crippen molar-refractivity contribution in [1.29, 1.82) is 0 Å². The Bertz CT molecular complexity index is 200. The highest BCUT2D eigenvalue weighted by Gasteiger charge is 2.23. The monoisotopic (exact) mass is 231 g/mol. The van der Waals surface area contributed by atoms with Gasteiger partial charge < -0.3 is 5.32 Å². The van der Waals surface area contributed by atoms with Gasteiger partial charge in [0.25, 0.3) is 0 Å². The zero-order valence-corrected chi connectivity index (χ0v) is 10.5. The molecule has 0 aromatic heterocycles. The Balaban J connectivity index is 2.38. The molecule has 0 heterocycles. The molecule has 0 spiro atoms. The van der Waals surface area contributed by atoms with Gasteiger partial charge in [-0.1, -0.05) is 33.1 Å². The minimum atomic E-state index is 0.126. The molecule has 1 fully saturated rings. The summed E-state index contributed by atoms with van der Waals surface area (Å²) in [7, 11) is 0. The Kier molecular flexibility index (Phi) is 5.44. The quantitative estimate of drug-likeness (QED) is 0.741. The number of halogens is 1. The third-order valence-electron chi connectivity index (χ3n) is 3.27. The Hall–Kier alpha value is -0.240. The molecule has 0 aromatic carbocycles. The fourth-order valence-corrected chi connectivity index (χ4v) is 2.48. The van der Waals surface area contributed by atoms with Gasteiger partial charge in [0, 0.05) is 17.8 Å². The Labute approximate surface area is 97.8 Å². The molecule has 1 amide bonds. The highest BCUT2D eigenvalue weighted by molar-refractivity contribution is 6.18. The first kappa shape index (κ1) is 12.8. The fourth-order valence-electron chi connectivity index (χ4n) is 2.05. The van der Waals surface area contributed by atoms with Crippen molar-refractivity contribution >= 4 is 17.5 Å². The molecule has 15 heavy (non-hydrogen) atoms. The van der Waals surface area contributed by atoms with Crippen LogP contribution in [0.1, 0.15) is 46.0 Å². The van der Waals surface area contributed by atoms with Crippen molar-refractivity contribution in [1.82, 2.24) is 5.32 Å². The van der Waals surface area contributed by atoms with Crippen LogP contribution in [0, 0.1) is 11.8 Å². The SMILES string of the molecule is CC(C)C(CCl)NC(=O)C1CCCCC1. The van der Waals surface area contributed by atoms with Gasteiger partial charge in [-0.15, -0.1) is 11.6 Å². The molecule has 0 aliphatic heterocycles. The van der Waals surface area contributed by atoms with Crippen molar-refractivity contribution in [3.8, 4) is 0 Å². The first-order valence-corrected chi connectivity index (χ1v) is 6.55. The van der Waals surface area contributed by atoms with Crippen molar-refractivity contribution < 1.29 is 4.79 Å². The van der Waals surface area contributed by atoms with Crippen molar-refractivity contribution in [3.63, 3.8) is 0 Å². The van der Waals surface area contributed by atoms with Crippen molar-refractivity contribution in [3.05, 3.63) is 0 Å². The van der Waals surface area contributed by atoms with Crippen LogP contribution in [0.2, 0.25) is 0 Å². The molecular formula is C12H22ClNO. The number of carbonyl (C=O) groups excluding carboxylic acids is 1. The van der Waals surface area contributed by atoms with E-state index in [2.05, 4.69) is 19.2 Å². The summed E-state index contributed by atoms with van der Waals surface area (Å²) in [6.07, 6.45) is 5.79. The summed E-state index contributed by atoms with van der Waals surface area (Å²) in [6.45, 7) is 4.18. The van der Waals surface area contributed by atoms with Crippen molar-refractivity contribution in [2.24, 2.45) is 11.8 Å². The van der Waals surface area contributed by atoms with Gasteiger partial charge in [-0.3, -0.25) is 4.79 Å². The maximum Gasteiger partial charge on any atom is 0.223 e. The Morgan fingerprint density at radius 3 is 2.40 bits per heavy atom. The van der Waals surface area contributed by atoms with Gasteiger partial charge in [0.05, 0.1) is 0 Å². The number of rotatable bonds is 4. The normalized spacial score (nSPS) is 20.3. The van der Waals surface area contributed by atoms with Gasteiger partial charge in [0.1, 0.15) is 0 Å². The summed E-state index contributed by atoms with van der Waals surface area (Å²) < 4.78 is 0. The summed E-state index contributed by atoms with van der Waals surface area (Å²) in [5.74, 6) is 1.38. The molecule has 3 heteroatoms. The molecule has 88 valence electrons. The third-order valence-corrected chi connectivity index (χ3v) is 3.61. The number of carbonyl (C=O) groups is 1. The fraction of sp³-hybridized carbons (Fsp3) is 0.917. The van der Waals surface area contributed by atoms with Crippen molar-refractivity contribution in [2.75, 3.05) is 5.88 Å². The van der Waals surface area contributed by atoms with E-state index in [0.717, 1.165) is 12.8 Å². The van der Waals surface area contributed by atoms with E-state index in [1.54, 1.807) is 0 Å². The first-order valence-electron chi connectivity index (χ1n) is 6.01. The van der Waals surface area contributed by atoms with E-state index >= 15 is 0 Å². The van der Waals surface area contributed by atoms with Gasteiger partial charge in [-0.05, 0) is 18.8 Å². The van der Waals surface area contributed by atoms with Crippen LogP contribution < -0.4 is 5.32 Å². The van der Waals surface area contributed by atoms with Gasteiger partial charge in [0.2, 0.25) is 5.91 Å². The second-order valence-electron chi connectivity index (χ2n) is 4.85. The zero-order valence-electron chi connectivity index (χ0n) is 9.76. The lowest BCUT2D eigenvalue weighted by Gasteiger charge is -2.25. The molecule has 1 saturated carbocycles. The predicted octanol–water partition coefficient (Wildman–Crippen LogP) is 2.95. The second kappa shape index (κ2) is 6.37. The molecule has 1 N–H and O–H groups in total. The van der Waals surface area contributed by atoms with Crippen LogP contribution in [0.15, 0.2) is 0 Å². The van der Waals surface area contributed by atoms with Crippen molar-refractivity contribution in [2.45, 2.75) is 52.0 Å². The number of nitrogens with one attached hydrogen (secondary N) is 1. The molecule has 0 bridgehead atoms. The lowest BCUT2D eigenvalue weighted by molar-refractivity contribution is -0.126. The van der Waals surface area contributed by atoms with Crippen LogP contribution in [0.25, 0.3) is 0 Å². The highest BCUT2D eigenvalue weighted by Crippen LogP contribution is 2.24. The molecule has 2 nitrogen and oxygen atoms in total. The second-order valence-corrected chi connectivity index (χ2v) is 5.16. The summed E-state index contributed by atoms with van der Waals surface area (Å²) in [5.41, 5.74) is 0. The van der Waals surface area contributed by atoms with E-state index in [0.29, 0.717) is 11.8 Å². The topological polar surface area (TPSA) is 29.1 Å². The van der Waals surface area contributed by atoms with E-state index in [1.807, 2.05) is 0 Å². The molecule has 1 aliphatic rings. The maximum absolute atomic E-state index is 11.9. The molecular weight excluding hydrogens is 210 g/mol. The third kappa shape index (κ3) is 4.02. The average molecular weight is 232 g/mol. The van der Waals surface area contributed by atoms with Crippen LogP contribution in [0.3, 0.4) is 0 Å². The number of hydrogen-bond donors (Lipinski definition) is 1. The van der Waals surface area contributed by atoms with E-state index in [1.165, 1.54) is 19.3 Å². The van der Waals surface area contributed by atoms with E-state index in [4.69, 9.17) is 11.6 Å². The average Bonchev–Trinajstić information content (AvgIpc) is 2.26. The highest BCUT2D eigenvalue weighted by atomic mass is 35.5. The van der Waals surface area contributed by atoms with E-state index in [-0.39, 0.29) is 17.9 Å². The summed E-state index contributed by atoms with van der Waals surface area (Å²) in [4.78, 5) is 11.9. The summed E-state index contributed by atoms with van der Waals surface area (Å²) >= 11 is 5.83. The van der Waals surface area contributed by atoms with E-state index in [9.17, 15) is 4.79 Å². The molecule has 0 aromatic rings. The van der Waals surface area contributed by atoms with Gasteiger partial charge in [-0.2, -0.15) is 0 Å². The molecule has 1 rings (SSSR count). The standard InChI is InChI=1S/C12H22ClNO/c1-9(2)11(8-13)14-12(15)10-6-4-3-5-7-10/h9-11H,3-8H2,1-2H3,(H,14,15). The van der Waals surface area contributed by atoms with Crippen LogP contribution in [-0.2, 0) is 4.79 Å². The van der Waals surface area contributed by atoms with Crippen LogP contribution in [0.5, 0.6) is 0 Å². The van der Waals surface area contributed by atoms with Crippen LogP contribution in [0.4, 0.5) is 0 Å². The largest absolute Gasteiger partial charge is 0.352 e. The number of hydrogen-bond acceptors (Lipinski definition) is 1. The molecule has 1 aliphatic carbocycles. The molecule has 1 atom stereocenters. The van der Waals surface area contributed by atoms with E-state index < -0.39 is 0 Å². The summed E-state index contributed by atoms with van der Waals surface area (Å²) in [6, 6.07) is 0.126. The number of amides is 1. The zero-order chi connectivity index (χ0) is 11.3. The summed E-state index contributed by atoms with van der Waals surface area (Å²) in [5, 5.41) is 3.06.